The Labute approximate surface area is 136 Å². The van der Waals surface area contributed by atoms with Crippen molar-refractivity contribution in [3.63, 3.8) is 0 Å². The van der Waals surface area contributed by atoms with Crippen LogP contribution in [0.15, 0.2) is 47.5 Å². The van der Waals surface area contributed by atoms with E-state index in [1.807, 2.05) is 35.9 Å². The molecule has 0 fully saturated rings. The Kier molecular flexibility index (Phi) is 4.00. The lowest BCUT2D eigenvalue weighted by Crippen LogP contribution is -2.13. The van der Waals surface area contributed by atoms with E-state index >= 15 is 0 Å². The van der Waals surface area contributed by atoms with Crippen molar-refractivity contribution in [2.45, 2.75) is 0 Å². The molecule has 22 heavy (non-hydrogen) atoms. The fourth-order valence-electron chi connectivity index (χ4n) is 2.18. The van der Waals surface area contributed by atoms with Crippen LogP contribution in [0, 0.1) is 0 Å². The van der Waals surface area contributed by atoms with Crippen LogP contribution in [0.25, 0.3) is 10.2 Å². The number of fused-ring (bicyclic) bond motifs is 1. The van der Waals surface area contributed by atoms with Gasteiger partial charge in [-0.3, -0.25) is 4.79 Å². The third kappa shape index (κ3) is 2.65. The largest absolute Gasteiger partial charge is 0.496 e. The highest BCUT2D eigenvalue weighted by molar-refractivity contribution is 7.16. The summed E-state index contributed by atoms with van der Waals surface area (Å²) in [6.45, 7) is 0. The van der Waals surface area contributed by atoms with E-state index in [9.17, 15) is 4.79 Å². The van der Waals surface area contributed by atoms with Gasteiger partial charge in [-0.2, -0.15) is 4.99 Å². The van der Waals surface area contributed by atoms with Gasteiger partial charge in [0.1, 0.15) is 5.75 Å². The smallest absolute Gasteiger partial charge is 0.283 e. The summed E-state index contributed by atoms with van der Waals surface area (Å²) in [4.78, 5) is 17.3. The molecule has 0 aliphatic carbocycles. The van der Waals surface area contributed by atoms with Gasteiger partial charge in [0, 0.05) is 12.1 Å². The molecule has 112 valence electrons. The molecule has 0 N–H and O–H groups in total. The van der Waals surface area contributed by atoms with Crippen molar-refractivity contribution in [1.82, 2.24) is 4.57 Å². The van der Waals surface area contributed by atoms with Gasteiger partial charge in [-0.25, -0.2) is 0 Å². The highest BCUT2D eigenvalue weighted by atomic mass is 35.5. The van der Waals surface area contributed by atoms with Crippen LogP contribution in [-0.4, -0.2) is 17.6 Å². The van der Waals surface area contributed by atoms with Crippen molar-refractivity contribution in [2.75, 3.05) is 7.11 Å². The monoisotopic (exact) mass is 332 g/mol. The lowest BCUT2D eigenvalue weighted by molar-refractivity contribution is 0.0995. The van der Waals surface area contributed by atoms with Gasteiger partial charge in [-0.05, 0) is 30.3 Å². The van der Waals surface area contributed by atoms with Crippen LogP contribution in [-0.2, 0) is 7.05 Å². The topological polar surface area (TPSA) is 43.6 Å². The molecule has 1 aromatic heterocycles. The van der Waals surface area contributed by atoms with Crippen LogP contribution >= 0.6 is 22.9 Å². The number of rotatable bonds is 2. The predicted molar refractivity (Wildman–Crippen MR) is 88.7 cm³/mol. The van der Waals surface area contributed by atoms with Crippen molar-refractivity contribution in [1.29, 1.82) is 0 Å². The summed E-state index contributed by atoms with van der Waals surface area (Å²) < 4.78 is 8.18. The summed E-state index contributed by atoms with van der Waals surface area (Å²) in [5, 5.41) is 0.472. The Morgan fingerprint density at radius 3 is 2.77 bits per heavy atom. The number of methoxy groups -OCH3 is 1. The SMILES string of the molecule is COc1ccc(Cl)cc1C(=O)N=c1sc2ccccc2n1C. The van der Waals surface area contributed by atoms with Crippen molar-refractivity contribution >= 4 is 39.1 Å². The predicted octanol–water partition coefficient (Wildman–Crippen LogP) is 3.64. The first-order valence-electron chi connectivity index (χ1n) is 6.57. The number of carbonyl (C=O) groups is 1. The van der Waals surface area contributed by atoms with Gasteiger partial charge in [-0.15, -0.1) is 0 Å². The second kappa shape index (κ2) is 5.94. The zero-order valence-corrected chi connectivity index (χ0v) is 13.6. The number of aryl methyl sites for hydroxylation is 1. The Bertz CT molecular complexity index is 927. The van der Waals surface area contributed by atoms with E-state index in [2.05, 4.69) is 4.99 Å². The number of halogens is 1. The molecule has 1 heterocycles. The van der Waals surface area contributed by atoms with E-state index in [-0.39, 0.29) is 5.91 Å². The molecule has 0 aliphatic heterocycles. The quantitative estimate of drug-likeness (QED) is 0.719. The first-order chi connectivity index (χ1) is 10.6. The van der Waals surface area contributed by atoms with Gasteiger partial charge in [0.05, 0.1) is 22.9 Å². The lowest BCUT2D eigenvalue weighted by Gasteiger charge is -2.05. The number of hydrogen-bond donors (Lipinski definition) is 0. The molecule has 0 saturated heterocycles. The summed E-state index contributed by atoms with van der Waals surface area (Å²) in [6, 6.07) is 12.8. The van der Waals surface area contributed by atoms with Crippen LogP contribution in [0.2, 0.25) is 5.02 Å². The molecule has 0 bridgehead atoms. The van der Waals surface area contributed by atoms with Crippen LogP contribution in [0.5, 0.6) is 5.75 Å². The number of hydrogen-bond acceptors (Lipinski definition) is 3. The van der Waals surface area contributed by atoms with E-state index < -0.39 is 0 Å². The highest BCUT2D eigenvalue weighted by Crippen LogP contribution is 2.23. The fourth-order valence-corrected chi connectivity index (χ4v) is 3.37. The maximum atomic E-state index is 12.5. The molecular weight excluding hydrogens is 320 g/mol. The number of carbonyl (C=O) groups excluding carboxylic acids is 1. The number of benzene rings is 2. The summed E-state index contributed by atoms with van der Waals surface area (Å²) in [5.41, 5.74) is 1.39. The van der Waals surface area contributed by atoms with E-state index in [1.54, 1.807) is 18.2 Å². The second-order valence-corrected chi connectivity index (χ2v) is 6.12. The molecular formula is C16H13ClN2O2S. The molecule has 2 aromatic carbocycles. The standard InChI is InChI=1S/C16H13ClN2O2S/c1-19-12-5-3-4-6-14(12)22-16(19)18-15(20)11-9-10(17)7-8-13(11)21-2/h3-9H,1-2H3. The fraction of sp³-hybridized carbons (Fsp3) is 0.125. The average molecular weight is 333 g/mol. The van der Waals surface area contributed by atoms with Crippen molar-refractivity contribution in [3.05, 3.63) is 57.9 Å². The Morgan fingerprint density at radius 1 is 1.27 bits per heavy atom. The van der Waals surface area contributed by atoms with Gasteiger partial charge in [-0.1, -0.05) is 35.1 Å². The number of amides is 1. The zero-order chi connectivity index (χ0) is 15.7. The summed E-state index contributed by atoms with van der Waals surface area (Å²) in [5.74, 6) is 0.0865. The molecule has 3 rings (SSSR count). The molecule has 0 unspecified atom stereocenters. The minimum atomic E-state index is -0.374. The van der Waals surface area contributed by atoms with Gasteiger partial charge in [0.15, 0.2) is 4.80 Å². The molecule has 0 atom stereocenters. The number of nitrogens with zero attached hydrogens (tertiary/aromatic N) is 2. The molecule has 0 spiro atoms. The number of ether oxygens (including phenoxy) is 1. The minimum Gasteiger partial charge on any atom is -0.496 e. The number of thiazole rings is 1. The van der Waals surface area contributed by atoms with Crippen LogP contribution in [0.1, 0.15) is 10.4 Å². The van der Waals surface area contributed by atoms with E-state index in [4.69, 9.17) is 16.3 Å². The second-order valence-electron chi connectivity index (χ2n) is 4.67. The molecule has 1 amide bonds. The third-order valence-corrected chi connectivity index (χ3v) is 4.65. The summed E-state index contributed by atoms with van der Waals surface area (Å²) in [6.07, 6.45) is 0. The third-order valence-electron chi connectivity index (χ3n) is 3.30. The lowest BCUT2D eigenvalue weighted by atomic mass is 10.2. The first kappa shape index (κ1) is 14.8. The molecule has 4 nitrogen and oxygen atoms in total. The van der Waals surface area contributed by atoms with Crippen molar-refractivity contribution in [2.24, 2.45) is 12.0 Å². The van der Waals surface area contributed by atoms with Crippen molar-refractivity contribution in [3.8, 4) is 5.75 Å². The normalized spacial score (nSPS) is 11.9. The highest BCUT2D eigenvalue weighted by Gasteiger charge is 2.13. The minimum absolute atomic E-state index is 0.354. The van der Waals surface area contributed by atoms with Crippen LogP contribution in [0.4, 0.5) is 0 Å². The van der Waals surface area contributed by atoms with E-state index in [0.29, 0.717) is 21.1 Å². The molecule has 0 radical (unpaired) electrons. The first-order valence-corrected chi connectivity index (χ1v) is 7.77. The summed E-state index contributed by atoms with van der Waals surface area (Å²) >= 11 is 7.43. The van der Waals surface area contributed by atoms with Gasteiger partial charge in [0.2, 0.25) is 0 Å². The van der Waals surface area contributed by atoms with Gasteiger partial charge < -0.3 is 9.30 Å². The number of aromatic nitrogens is 1. The van der Waals surface area contributed by atoms with Gasteiger partial charge >= 0.3 is 0 Å². The zero-order valence-electron chi connectivity index (χ0n) is 12.0. The molecule has 3 aromatic rings. The van der Waals surface area contributed by atoms with E-state index in [1.165, 1.54) is 18.4 Å². The maximum absolute atomic E-state index is 12.5. The Hall–Kier alpha value is -2.11. The average Bonchev–Trinajstić information content (AvgIpc) is 2.84. The van der Waals surface area contributed by atoms with Crippen LogP contribution < -0.4 is 9.54 Å². The Balaban J connectivity index is 2.13. The van der Waals surface area contributed by atoms with Crippen LogP contribution in [0.3, 0.4) is 0 Å². The summed E-state index contributed by atoms with van der Waals surface area (Å²) in [7, 11) is 3.40. The van der Waals surface area contributed by atoms with E-state index in [0.717, 1.165) is 10.2 Å². The molecule has 0 saturated carbocycles. The Morgan fingerprint density at radius 2 is 2.05 bits per heavy atom. The molecule has 6 heteroatoms. The maximum Gasteiger partial charge on any atom is 0.283 e. The number of para-hydroxylation sites is 1. The van der Waals surface area contributed by atoms with Gasteiger partial charge in [0.25, 0.3) is 5.91 Å². The molecule has 0 aliphatic rings. The van der Waals surface area contributed by atoms with Crippen molar-refractivity contribution < 1.29 is 9.53 Å².